The zero-order chi connectivity index (χ0) is 6.41. The number of hydrogen-bond acceptors (Lipinski definition) is 2. The van der Waals surface area contributed by atoms with Crippen molar-refractivity contribution >= 4 is 0 Å². The second-order valence-electron chi connectivity index (χ2n) is 1.64. The summed E-state index contributed by atoms with van der Waals surface area (Å²) >= 11 is 0. The SMILES string of the molecule is [CH2]C(CCOC)OC. The Kier molecular flexibility index (Phi) is 5.01. The molecule has 0 spiro atoms. The van der Waals surface area contributed by atoms with Crippen molar-refractivity contribution in [2.24, 2.45) is 0 Å². The normalized spacial score (nSPS) is 13.9. The van der Waals surface area contributed by atoms with Gasteiger partial charge in [-0.3, -0.25) is 0 Å². The van der Waals surface area contributed by atoms with Crippen LogP contribution in [-0.4, -0.2) is 26.9 Å². The van der Waals surface area contributed by atoms with E-state index >= 15 is 0 Å². The first-order valence-electron chi connectivity index (χ1n) is 2.66. The first-order valence-corrected chi connectivity index (χ1v) is 2.66. The second-order valence-corrected chi connectivity index (χ2v) is 1.64. The van der Waals surface area contributed by atoms with Crippen molar-refractivity contribution in [3.63, 3.8) is 0 Å². The number of ether oxygens (including phenoxy) is 2. The van der Waals surface area contributed by atoms with E-state index < -0.39 is 0 Å². The largest absolute Gasteiger partial charge is 0.385 e. The number of hydrogen-bond donors (Lipinski definition) is 0. The maximum Gasteiger partial charge on any atom is 0.0594 e. The van der Waals surface area contributed by atoms with E-state index in [1.165, 1.54) is 0 Å². The summed E-state index contributed by atoms with van der Waals surface area (Å²) in [4.78, 5) is 0. The Balaban J connectivity index is 2.86. The van der Waals surface area contributed by atoms with Crippen LogP contribution in [0.4, 0.5) is 0 Å². The molecule has 0 aliphatic heterocycles. The molecule has 49 valence electrons. The highest BCUT2D eigenvalue weighted by molar-refractivity contribution is 4.56. The third-order valence-electron chi connectivity index (χ3n) is 0.977. The topological polar surface area (TPSA) is 18.5 Å². The Bertz CT molecular complexity index is 45.8. The molecule has 0 fully saturated rings. The average molecular weight is 117 g/mol. The maximum absolute atomic E-state index is 4.86. The average Bonchev–Trinajstić information content (AvgIpc) is 1.83. The smallest absolute Gasteiger partial charge is 0.0594 e. The van der Waals surface area contributed by atoms with Gasteiger partial charge in [-0.25, -0.2) is 0 Å². The monoisotopic (exact) mass is 117 g/mol. The molecular formula is C6H13O2. The van der Waals surface area contributed by atoms with Crippen LogP contribution >= 0.6 is 0 Å². The lowest BCUT2D eigenvalue weighted by molar-refractivity contribution is 0.0947. The van der Waals surface area contributed by atoms with Crippen molar-refractivity contribution in [3.8, 4) is 0 Å². The van der Waals surface area contributed by atoms with Gasteiger partial charge in [-0.2, -0.15) is 0 Å². The summed E-state index contributed by atoms with van der Waals surface area (Å²) in [5, 5.41) is 0. The molecule has 0 aromatic carbocycles. The minimum atomic E-state index is 0.0787. The van der Waals surface area contributed by atoms with E-state index in [9.17, 15) is 0 Å². The van der Waals surface area contributed by atoms with Crippen molar-refractivity contribution in [3.05, 3.63) is 6.92 Å². The highest BCUT2D eigenvalue weighted by atomic mass is 16.5. The molecule has 0 aliphatic carbocycles. The summed E-state index contributed by atoms with van der Waals surface area (Å²) in [6.07, 6.45) is 0.947. The molecule has 8 heavy (non-hydrogen) atoms. The zero-order valence-electron chi connectivity index (χ0n) is 5.52. The van der Waals surface area contributed by atoms with Gasteiger partial charge in [0.1, 0.15) is 0 Å². The predicted octanol–water partition coefficient (Wildman–Crippen LogP) is 0.872. The lowest BCUT2D eigenvalue weighted by atomic mass is 10.3. The molecule has 2 heteroatoms. The van der Waals surface area contributed by atoms with Gasteiger partial charge in [0.2, 0.25) is 0 Å². The molecule has 0 aliphatic rings. The minimum Gasteiger partial charge on any atom is -0.385 e. The Morgan fingerprint density at radius 1 is 1.50 bits per heavy atom. The van der Waals surface area contributed by atoms with E-state index in [1.54, 1.807) is 14.2 Å². The van der Waals surface area contributed by atoms with Crippen molar-refractivity contribution in [1.82, 2.24) is 0 Å². The van der Waals surface area contributed by atoms with Crippen LogP contribution in [0.5, 0.6) is 0 Å². The summed E-state index contributed by atoms with van der Waals surface area (Å²) in [5.74, 6) is 0. The lowest BCUT2D eigenvalue weighted by Gasteiger charge is -2.06. The zero-order valence-corrected chi connectivity index (χ0v) is 5.52. The van der Waals surface area contributed by atoms with Gasteiger partial charge in [0.15, 0.2) is 0 Å². The number of rotatable bonds is 4. The van der Waals surface area contributed by atoms with Crippen LogP contribution < -0.4 is 0 Å². The van der Waals surface area contributed by atoms with Crippen LogP contribution in [0.25, 0.3) is 0 Å². The quantitative estimate of drug-likeness (QED) is 0.544. The van der Waals surface area contributed by atoms with E-state index in [1.807, 2.05) is 0 Å². The van der Waals surface area contributed by atoms with Crippen LogP contribution in [-0.2, 0) is 9.47 Å². The Hall–Kier alpha value is -0.0800. The van der Waals surface area contributed by atoms with Crippen molar-refractivity contribution in [2.75, 3.05) is 20.8 Å². The standard InChI is InChI=1S/C6H13O2/c1-6(8-3)4-5-7-2/h6H,1,4-5H2,2-3H3. The summed E-state index contributed by atoms with van der Waals surface area (Å²) in [6, 6.07) is 0. The number of methoxy groups -OCH3 is 2. The molecule has 2 nitrogen and oxygen atoms in total. The van der Waals surface area contributed by atoms with E-state index in [0.717, 1.165) is 13.0 Å². The summed E-state index contributed by atoms with van der Waals surface area (Å²) in [7, 11) is 3.32. The maximum atomic E-state index is 4.86. The van der Waals surface area contributed by atoms with Crippen LogP contribution in [0.1, 0.15) is 6.42 Å². The first kappa shape index (κ1) is 7.92. The Labute approximate surface area is 50.8 Å². The summed E-state index contributed by atoms with van der Waals surface area (Å²) in [6.45, 7) is 4.42. The lowest BCUT2D eigenvalue weighted by Crippen LogP contribution is -2.07. The van der Waals surface area contributed by atoms with Crippen LogP contribution in [0.2, 0.25) is 0 Å². The van der Waals surface area contributed by atoms with E-state index in [0.29, 0.717) is 0 Å². The van der Waals surface area contributed by atoms with Crippen molar-refractivity contribution < 1.29 is 9.47 Å². The Morgan fingerprint density at radius 2 is 2.12 bits per heavy atom. The summed E-state index contributed by atoms with van der Waals surface area (Å²) < 4.78 is 9.66. The van der Waals surface area contributed by atoms with Crippen LogP contribution in [0.3, 0.4) is 0 Å². The minimum absolute atomic E-state index is 0.0787. The molecule has 0 bridgehead atoms. The fourth-order valence-electron chi connectivity index (χ4n) is 0.367. The highest BCUT2D eigenvalue weighted by Crippen LogP contribution is 1.92. The molecule has 0 aromatic rings. The molecule has 1 unspecified atom stereocenters. The van der Waals surface area contributed by atoms with Gasteiger partial charge in [0.05, 0.1) is 6.10 Å². The third kappa shape index (κ3) is 4.09. The molecule has 1 atom stereocenters. The van der Waals surface area contributed by atoms with Gasteiger partial charge in [-0.15, -0.1) is 0 Å². The van der Waals surface area contributed by atoms with Crippen LogP contribution in [0.15, 0.2) is 0 Å². The highest BCUT2D eigenvalue weighted by Gasteiger charge is 1.95. The molecule has 0 aromatic heterocycles. The van der Waals surface area contributed by atoms with Gasteiger partial charge in [0.25, 0.3) is 0 Å². The molecule has 0 saturated carbocycles. The molecule has 0 amide bonds. The Morgan fingerprint density at radius 3 is 2.50 bits per heavy atom. The molecule has 0 N–H and O–H groups in total. The fraction of sp³-hybridized carbons (Fsp3) is 0.833. The molecule has 0 heterocycles. The van der Waals surface area contributed by atoms with Crippen LogP contribution in [0, 0.1) is 6.92 Å². The fourth-order valence-corrected chi connectivity index (χ4v) is 0.367. The van der Waals surface area contributed by atoms with Gasteiger partial charge < -0.3 is 9.47 Å². The second kappa shape index (κ2) is 5.06. The van der Waals surface area contributed by atoms with E-state index in [4.69, 9.17) is 9.47 Å². The molecule has 1 radical (unpaired) electrons. The van der Waals surface area contributed by atoms with Gasteiger partial charge in [-0.1, -0.05) is 0 Å². The van der Waals surface area contributed by atoms with E-state index in [-0.39, 0.29) is 6.10 Å². The van der Waals surface area contributed by atoms with Crippen molar-refractivity contribution in [2.45, 2.75) is 12.5 Å². The summed E-state index contributed by atoms with van der Waals surface area (Å²) in [5.41, 5.74) is 0. The molecule has 0 rings (SSSR count). The van der Waals surface area contributed by atoms with E-state index in [2.05, 4.69) is 6.92 Å². The van der Waals surface area contributed by atoms with Gasteiger partial charge >= 0.3 is 0 Å². The first-order chi connectivity index (χ1) is 3.81. The molecule has 0 saturated heterocycles. The molecular weight excluding hydrogens is 104 g/mol. The third-order valence-corrected chi connectivity index (χ3v) is 0.977. The van der Waals surface area contributed by atoms with Crippen molar-refractivity contribution in [1.29, 1.82) is 0 Å². The predicted molar refractivity (Wildman–Crippen MR) is 32.6 cm³/mol. The van der Waals surface area contributed by atoms with Gasteiger partial charge in [0, 0.05) is 20.8 Å². The van der Waals surface area contributed by atoms with Gasteiger partial charge in [-0.05, 0) is 13.3 Å².